The summed E-state index contributed by atoms with van der Waals surface area (Å²) in [6.07, 6.45) is 0. The van der Waals surface area contributed by atoms with Gasteiger partial charge in [-0.05, 0) is 124 Å². The molecule has 16 rings (SSSR count). The molecule has 0 N–H and O–H groups in total. The zero-order valence-electron chi connectivity index (χ0n) is 40.4. The summed E-state index contributed by atoms with van der Waals surface area (Å²) >= 11 is 0. The molecule has 2 aliphatic rings. The minimum absolute atomic E-state index is 0.206. The van der Waals surface area contributed by atoms with Gasteiger partial charge in [0.05, 0.1) is 11.4 Å². The van der Waals surface area contributed by atoms with Crippen molar-refractivity contribution in [3.63, 3.8) is 0 Å². The lowest BCUT2D eigenvalue weighted by Gasteiger charge is -2.39. The molecule has 0 amide bonds. The van der Waals surface area contributed by atoms with Gasteiger partial charge in [0.15, 0.2) is 0 Å². The molecule has 0 radical (unpaired) electrons. The fourth-order valence-corrected chi connectivity index (χ4v) is 12.3. The number of nitrogens with zero attached hydrogens (tertiary/aromatic N) is 3. The zero-order valence-corrected chi connectivity index (χ0v) is 40.4. The lowest BCUT2D eigenvalue weighted by molar-refractivity contribution is 0.488. The van der Waals surface area contributed by atoms with Gasteiger partial charge in [0.1, 0.15) is 33.8 Å². The Bertz CT molecular complexity index is 4500. The van der Waals surface area contributed by atoms with Crippen LogP contribution in [0.4, 0.5) is 51.2 Å². The van der Waals surface area contributed by atoms with Crippen LogP contribution in [0, 0.1) is 0 Å². The highest BCUT2D eigenvalue weighted by molar-refractivity contribution is 6.99. The van der Waals surface area contributed by atoms with E-state index in [9.17, 15) is 0 Å². The maximum Gasteiger partial charge on any atom is 0.256 e. The minimum atomic E-state index is -0.206. The fraction of sp³-hybridized carbons (Fsp3) is 0. The number of para-hydroxylation sites is 5. The van der Waals surface area contributed by atoms with Crippen LogP contribution < -0.4 is 35.8 Å². The van der Waals surface area contributed by atoms with Gasteiger partial charge in [-0.1, -0.05) is 146 Å². The SMILES string of the molecule is c1ccc(N2c3cc4c(cc3B3c5cc6oc7cc(N(c8ccccc8)c8ccccc8)c8ccccc8c7c6cc5Oc5cccc2c53)oc2cc(N(c3ccccc3)c3ccccc3)c3ccccc3c24)cc1. The van der Waals surface area contributed by atoms with Crippen molar-refractivity contribution in [2.75, 3.05) is 14.7 Å². The topological polar surface area (TPSA) is 45.2 Å². The Labute approximate surface area is 432 Å². The molecule has 7 heteroatoms. The van der Waals surface area contributed by atoms with Crippen LogP contribution in [-0.4, -0.2) is 6.71 Å². The second-order valence-corrected chi connectivity index (χ2v) is 19.5. The van der Waals surface area contributed by atoms with Crippen molar-refractivity contribution < 1.29 is 13.6 Å². The molecular weight excluding hydrogens is 918 g/mol. The summed E-state index contributed by atoms with van der Waals surface area (Å²) < 4.78 is 21.4. The summed E-state index contributed by atoms with van der Waals surface area (Å²) in [7, 11) is 0. The van der Waals surface area contributed by atoms with E-state index in [4.69, 9.17) is 13.6 Å². The molecule has 2 aromatic heterocycles. The van der Waals surface area contributed by atoms with E-state index in [1.807, 2.05) is 0 Å². The number of furan rings is 2. The Balaban J connectivity index is 0.935. The largest absolute Gasteiger partial charge is 0.458 e. The van der Waals surface area contributed by atoms with Gasteiger partial charge >= 0.3 is 0 Å². The van der Waals surface area contributed by atoms with Gasteiger partial charge in [0.25, 0.3) is 6.71 Å². The van der Waals surface area contributed by atoms with E-state index in [-0.39, 0.29) is 6.71 Å². The molecule has 0 aliphatic carbocycles. The monoisotopic (exact) mass is 959 g/mol. The summed E-state index contributed by atoms with van der Waals surface area (Å²) in [6.45, 7) is -0.206. The summed E-state index contributed by atoms with van der Waals surface area (Å²) in [5, 5.41) is 8.70. The van der Waals surface area contributed by atoms with E-state index in [0.717, 1.165) is 144 Å². The summed E-state index contributed by atoms with van der Waals surface area (Å²) in [5.74, 6) is 1.64. The van der Waals surface area contributed by atoms with E-state index in [0.29, 0.717) is 0 Å². The number of benzene rings is 12. The molecule has 0 unspecified atom stereocenters. The van der Waals surface area contributed by atoms with Crippen LogP contribution in [0.15, 0.2) is 264 Å². The summed E-state index contributed by atoms with van der Waals surface area (Å²) in [5.41, 5.74) is 16.1. The van der Waals surface area contributed by atoms with E-state index in [2.05, 4.69) is 269 Å². The summed E-state index contributed by atoms with van der Waals surface area (Å²) in [4.78, 5) is 7.06. The molecule has 0 atom stereocenters. The molecule has 350 valence electrons. The average Bonchev–Trinajstić information content (AvgIpc) is 4.13. The van der Waals surface area contributed by atoms with Crippen LogP contribution in [0.5, 0.6) is 11.5 Å². The normalized spacial score (nSPS) is 12.6. The number of ether oxygens (including phenoxy) is 1. The van der Waals surface area contributed by atoms with Gasteiger partial charge in [-0.2, -0.15) is 0 Å². The first-order valence-electron chi connectivity index (χ1n) is 25.5. The molecule has 12 aromatic carbocycles. The lowest BCUT2D eigenvalue weighted by atomic mass is 9.34. The van der Waals surface area contributed by atoms with Crippen molar-refractivity contribution in [1.29, 1.82) is 0 Å². The Hall–Kier alpha value is -9.98. The maximum absolute atomic E-state index is 7.19. The van der Waals surface area contributed by atoms with Crippen LogP contribution in [0.2, 0.25) is 0 Å². The molecule has 0 bridgehead atoms. The van der Waals surface area contributed by atoms with E-state index < -0.39 is 0 Å². The molecule has 2 aliphatic heterocycles. The van der Waals surface area contributed by atoms with Crippen molar-refractivity contribution in [3.05, 3.63) is 255 Å². The zero-order chi connectivity index (χ0) is 49.1. The van der Waals surface area contributed by atoms with Crippen molar-refractivity contribution in [2.24, 2.45) is 0 Å². The first-order valence-corrected chi connectivity index (χ1v) is 25.5. The Kier molecular flexibility index (Phi) is 9.03. The second-order valence-electron chi connectivity index (χ2n) is 19.5. The van der Waals surface area contributed by atoms with Gasteiger partial charge in [0, 0.05) is 84.3 Å². The van der Waals surface area contributed by atoms with Gasteiger partial charge in [-0.15, -0.1) is 0 Å². The van der Waals surface area contributed by atoms with E-state index >= 15 is 0 Å². The van der Waals surface area contributed by atoms with Gasteiger partial charge in [-0.3, -0.25) is 0 Å². The van der Waals surface area contributed by atoms with Gasteiger partial charge in [-0.25, -0.2) is 0 Å². The molecule has 0 spiro atoms. The number of hydrogen-bond acceptors (Lipinski definition) is 6. The molecule has 75 heavy (non-hydrogen) atoms. The molecule has 6 nitrogen and oxygen atoms in total. The Morgan fingerprint density at radius 2 is 0.760 bits per heavy atom. The first kappa shape index (κ1) is 41.6. The average molecular weight is 960 g/mol. The third-order valence-corrected chi connectivity index (χ3v) is 15.4. The van der Waals surface area contributed by atoms with Gasteiger partial charge in [0.2, 0.25) is 0 Å². The van der Waals surface area contributed by atoms with Gasteiger partial charge < -0.3 is 28.3 Å². The van der Waals surface area contributed by atoms with Crippen molar-refractivity contribution in [3.8, 4) is 11.5 Å². The second kappa shape index (κ2) is 16.3. The minimum Gasteiger partial charge on any atom is -0.458 e. The van der Waals surface area contributed by atoms with E-state index in [1.165, 1.54) is 0 Å². The molecular formula is C68H42BN3O3. The van der Waals surface area contributed by atoms with Crippen molar-refractivity contribution >= 4 is 140 Å². The standard InChI is InChI=1S/C68H42BN3O3/c1-6-21-43(22-7-1)70(44-23-8-2-9-24-44)57-41-64-66(50-33-18-16-31-48(50)57)52-37-59-54(39-61(52)74-64)69-55-40-62-53(38-63(55)73-60-36-20-35-56(68(60)69)72(59)47-29-14-5-15-30-47)67-51-34-19-17-32-49(51)58(42-65(67)75-62)71(45-25-10-3-11-26-45)46-27-12-4-13-28-46/h1-42H. The van der Waals surface area contributed by atoms with E-state index in [1.54, 1.807) is 0 Å². The first-order chi connectivity index (χ1) is 37.2. The molecule has 14 aromatic rings. The third kappa shape index (κ3) is 6.28. The van der Waals surface area contributed by atoms with Crippen LogP contribution in [0.1, 0.15) is 0 Å². The van der Waals surface area contributed by atoms with Crippen molar-refractivity contribution in [2.45, 2.75) is 0 Å². The predicted octanol–water partition coefficient (Wildman–Crippen LogP) is 17.1. The van der Waals surface area contributed by atoms with Crippen LogP contribution in [0.3, 0.4) is 0 Å². The molecule has 0 fully saturated rings. The smallest absolute Gasteiger partial charge is 0.256 e. The number of rotatable bonds is 7. The number of fused-ring (bicyclic) bond motifs is 14. The maximum atomic E-state index is 7.19. The fourth-order valence-electron chi connectivity index (χ4n) is 12.3. The quantitative estimate of drug-likeness (QED) is 0.148. The molecule has 4 heterocycles. The lowest BCUT2D eigenvalue weighted by Crippen LogP contribution is -2.59. The Morgan fingerprint density at radius 3 is 1.27 bits per heavy atom. The molecule has 0 saturated heterocycles. The number of hydrogen-bond donors (Lipinski definition) is 0. The highest BCUT2D eigenvalue weighted by Gasteiger charge is 2.43. The number of anilines is 9. The summed E-state index contributed by atoms with van der Waals surface area (Å²) in [6, 6.07) is 90.4. The van der Waals surface area contributed by atoms with Crippen LogP contribution in [0.25, 0.3) is 65.4 Å². The predicted molar refractivity (Wildman–Crippen MR) is 311 cm³/mol. The van der Waals surface area contributed by atoms with Crippen LogP contribution in [-0.2, 0) is 0 Å². The van der Waals surface area contributed by atoms with Crippen molar-refractivity contribution in [1.82, 2.24) is 0 Å². The highest BCUT2D eigenvalue weighted by atomic mass is 16.5. The highest BCUT2D eigenvalue weighted by Crippen LogP contribution is 2.49. The van der Waals surface area contributed by atoms with Crippen LogP contribution >= 0.6 is 0 Å². The molecule has 0 saturated carbocycles. The Morgan fingerprint density at radius 1 is 0.320 bits per heavy atom. The third-order valence-electron chi connectivity index (χ3n) is 15.4.